The molecule has 2 heterocycles. The SMILES string of the molecule is COc1nc(OC)nc(N2CCC(C)C(Br)C2)n1. The quantitative estimate of drug-likeness (QED) is 0.788. The van der Waals surface area contributed by atoms with Crippen LogP contribution in [0.3, 0.4) is 0 Å². The number of methoxy groups -OCH3 is 2. The Balaban J connectivity index is 2.22. The highest BCUT2D eigenvalue weighted by molar-refractivity contribution is 9.09. The van der Waals surface area contributed by atoms with Crippen LogP contribution in [0, 0.1) is 5.92 Å². The van der Waals surface area contributed by atoms with Crippen LogP contribution in [0.15, 0.2) is 0 Å². The van der Waals surface area contributed by atoms with Crippen LogP contribution in [0.25, 0.3) is 0 Å². The van der Waals surface area contributed by atoms with Crippen LogP contribution in [0.5, 0.6) is 12.0 Å². The molecular weight excluding hydrogens is 300 g/mol. The molecule has 0 aliphatic carbocycles. The molecule has 0 amide bonds. The summed E-state index contributed by atoms with van der Waals surface area (Å²) in [5.41, 5.74) is 0. The lowest BCUT2D eigenvalue weighted by molar-refractivity contribution is 0.338. The molecule has 0 bridgehead atoms. The van der Waals surface area contributed by atoms with E-state index >= 15 is 0 Å². The van der Waals surface area contributed by atoms with Crippen LogP contribution >= 0.6 is 15.9 Å². The molecule has 1 saturated heterocycles. The number of piperidine rings is 1. The average Bonchev–Trinajstić information content (AvgIpc) is 2.41. The minimum atomic E-state index is 0.279. The fourth-order valence-corrected chi connectivity index (χ4v) is 2.47. The second-order valence-electron chi connectivity index (χ2n) is 4.34. The van der Waals surface area contributed by atoms with E-state index in [1.807, 2.05) is 0 Å². The predicted octanol–water partition coefficient (Wildman–Crippen LogP) is 1.50. The molecule has 0 spiro atoms. The van der Waals surface area contributed by atoms with Gasteiger partial charge in [-0.05, 0) is 12.3 Å². The lowest BCUT2D eigenvalue weighted by Gasteiger charge is -2.34. The lowest BCUT2D eigenvalue weighted by atomic mass is 9.99. The Morgan fingerprint density at radius 1 is 1.17 bits per heavy atom. The summed E-state index contributed by atoms with van der Waals surface area (Å²) in [5, 5.41) is 0. The van der Waals surface area contributed by atoms with Gasteiger partial charge in [0.2, 0.25) is 5.95 Å². The molecule has 0 radical (unpaired) electrons. The number of rotatable bonds is 3. The monoisotopic (exact) mass is 316 g/mol. The summed E-state index contributed by atoms with van der Waals surface area (Å²) in [6, 6.07) is 0.559. The fourth-order valence-electron chi connectivity index (χ4n) is 1.86. The molecule has 1 aliphatic heterocycles. The topological polar surface area (TPSA) is 60.4 Å². The third kappa shape index (κ3) is 2.82. The lowest BCUT2D eigenvalue weighted by Crippen LogP contribution is -2.41. The molecule has 1 fully saturated rings. The van der Waals surface area contributed by atoms with E-state index in [-0.39, 0.29) is 12.0 Å². The molecule has 2 unspecified atom stereocenters. The van der Waals surface area contributed by atoms with Gasteiger partial charge in [-0.3, -0.25) is 0 Å². The summed E-state index contributed by atoms with van der Waals surface area (Å²) >= 11 is 3.69. The van der Waals surface area contributed by atoms with Crippen molar-refractivity contribution in [2.24, 2.45) is 5.92 Å². The van der Waals surface area contributed by atoms with Gasteiger partial charge in [0.25, 0.3) is 0 Å². The van der Waals surface area contributed by atoms with Crippen molar-refractivity contribution in [3.05, 3.63) is 0 Å². The zero-order chi connectivity index (χ0) is 13.1. The predicted molar refractivity (Wildman–Crippen MR) is 71.6 cm³/mol. The van der Waals surface area contributed by atoms with Crippen LogP contribution in [0.2, 0.25) is 0 Å². The standard InChI is InChI=1S/C11H17BrN4O2/c1-7-4-5-16(6-8(7)12)9-13-10(17-2)15-11(14-9)18-3/h7-8H,4-6H2,1-3H3. The summed E-state index contributed by atoms with van der Waals surface area (Å²) in [6.45, 7) is 4.04. The summed E-state index contributed by atoms with van der Waals surface area (Å²) in [5.74, 6) is 1.27. The highest BCUT2D eigenvalue weighted by Gasteiger charge is 2.26. The Kier molecular flexibility index (Phi) is 4.21. The van der Waals surface area contributed by atoms with Crippen LogP contribution < -0.4 is 14.4 Å². The third-order valence-corrected chi connectivity index (χ3v) is 4.29. The number of halogens is 1. The second kappa shape index (κ2) is 5.69. The Morgan fingerprint density at radius 2 is 1.78 bits per heavy atom. The van der Waals surface area contributed by atoms with Gasteiger partial charge in [-0.2, -0.15) is 9.97 Å². The van der Waals surface area contributed by atoms with Crippen molar-refractivity contribution in [2.75, 3.05) is 32.2 Å². The minimum absolute atomic E-state index is 0.279. The molecule has 0 aromatic carbocycles. The second-order valence-corrected chi connectivity index (χ2v) is 5.51. The van der Waals surface area contributed by atoms with Crippen molar-refractivity contribution in [2.45, 2.75) is 18.2 Å². The van der Waals surface area contributed by atoms with Gasteiger partial charge in [-0.1, -0.05) is 22.9 Å². The Labute approximate surface area is 115 Å². The average molecular weight is 317 g/mol. The Morgan fingerprint density at radius 3 is 2.28 bits per heavy atom. The zero-order valence-electron chi connectivity index (χ0n) is 10.8. The van der Waals surface area contributed by atoms with Crippen LogP contribution in [0.4, 0.5) is 5.95 Å². The molecule has 0 N–H and O–H groups in total. The van der Waals surface area contributed by atoms with Crippen molar-refractivity contribution in [1.29, 1.82) is 0 Å². The summed E-state index contributed by atoms with van der Waals surface area (Å²) in [7, 11) is 3.06. The maximum Gasteiger partial charge on any atom is 0.324 e. The molecule has 2 atom stereocenters. The number of alkyl halides is 1. The van der Waals surface area contributed by atoms with Crippen molar-refractivity contribution in [1.82, 2.24) is 15.0 Å². The maximum absolute atomic E-state index is 5.06. The summed E-state index contributed by atoms with van der Waals surface area (Å²) in [6.07, 6.45) is 1.10. The van der Waals surface area contributed by atoms with Crippen molar-refractivity contribution < 1.29 is 9.47 Å². The van der Waals surface area contributed by atoms with Gasteiger partial charge in [0, 0.05) is 17.9 Å². The normalized spacial score (nSPS) is 23.9. The van der Waals surface area contributed by atoms with Gasteiger partial charge in [-0.25, -0.2) is 0 Å². The molecule has 1 aromatic rings. The molecule has 1 aromatic heterocycles. The number of hydrogen-bond acceptors (Lipinski definition) is 6. The highest BCUT2D eigenvalue weighted by Crippen LogP contribution is 2.26. The maximum atomic E-state index is 5.06. The molecule has 2 rings (SSSR count). The number of ether oxygens (including phenoxy) is 2. The number of nitrogens with zero attached hydrogens (tertiary/aromatic N) is 4. The smallest absolute Gasteiger partial charge is 0.324 e. The van der Waals surface area contributed by atoms with Crippen LogP contribution in [0.1, 0.15) is 13.3 Å². The van der Waals surface area contributed by atoms with E-state index < -0.39 is 0 Å². The van der Waals surface area contributed by atoms with E-state index in [1.165, 1.54) is 14.2 Å². The molecule has 1 aliphatic rings. The largest absolute Gasteiger partial charge is 0.467 e. The number of hydrogen-bond donors (Lipinski definition) is 0. The van der Waals surface area contributed by atoms with Gasteiger partial charge >= 0.3 is 12.0 Å². The first-order valence-electron chi connectivity index (χ1n) is 5.87. The van der Waals surface area contributed by atoms with Crippen molar-refractivity contribution in [3.63, 3.8) is 0 Å². The van der Waals surface area contributed by atoms with E-state index in [2.05, 4.69) is 42.7 Å². The van der Waals surface area contributed by atoms with Crippen LogP contribution in [-0.4, -0.2) is 47.1 Å². The molecule has 6 nitrogen and oxygen atoms in total. The molecular formula is C11H17BrN4O2. The minimum Gasteiger partial charge on any atom is -0.467 e. The van der Waals surface area contributed by atoms with Crippen molar-refractivity contribution in [3.8, 4) is 12.0 Å². The Bertz CT molecular complexity index is 396. The first-order valence-corrected chi connectivity index (χ1v) is 6.78. The van der Waals surface area contributed by atoms with E-state index in [4.69, 9.17) is 9.47 Å². The van der Waals surface area contributed by atoms with Crippen molar-refractivity contribution >= 4 is 21.9 Å². The number of aromatic nitrogens is 3. The van der Waals surface area contributed by atoms with E-state index in [9.17, 15) is 0 Å². The van der Waals surface area contributed by atoms with E-state index in [1.54, 1.807) is 0 Å². The summed E-state index contributed by atoms with van der Waals surface area (Å²) < 4.78 is 10.1. The number of anilines is 1. The molecule has 18 heavy (non-hydrogen) atoms. The van der Waals surface area contributed by atoms with Gasteiger partial charge in [0.1, 0.15) is 0 Å². The highest BCUT2D eigenvalue weighted by atomic mass is 79.9. The first kappa shape index (κ1) is 13.3. The van der Waals surface area contributed by atoms with Gasteiger partial charge in [0.05, 0.1) is 14.2 Å². The van der Waals surface area contributed by atoms with Gasteiger partial charge in [0.15, 0.2) is 0 Å². The first-order chi connectivity index (χ1) is 8.63. The molecule has 0 saturated carbocycles. The zero-order valence-corrected chi connectivity index (χ0v) is 12.3. The summed E-state index contributed by atoms with van der Waals surface area (Å²) in [4.78, 5) is 15.1. The van der Waals surface area contributed by atoms with Crippen LogP contribution in [-0.2, 0) is 0 Å². The van der Waals surface area contributed by atoms with E-state index in [0.717, 1.165) is 19.5 Å². The third-order valence-electron chi connectivity index (χ3n) is 3.10. The van der Waals surface area contributed by atoms with E-state index in [0.29, 0.717) is 16.7 Å². The fraction of sp³-hybridized carbons (Fsp3) is 0.727. The van der Waals surface area contributed by atoms with Gasteiger partial charge < -0.3 is 14.4 Å². The van der Waals surface area contributed by atoms with Gasteiger partial charge in [-0.15, -0.1) is 4.98 Å². The molecule has 100 valence electrons. The Hall–Kier alpha value is -1.11. The molecule has 7 heteroatoms.